The van der Waals surface area contributed by atoms with Crippen LogP contribution < -0.4 is 10.5 Å². The topological polar surface area (TPSA) is 76.4 Å². The molecule has 33 heavy (non-hydrogen) atoms. The first-order valence-electron chi connectivity index (χ1n) is 11.1. The molecule has 1 amide bonds. The lowest BCUT2D eigenvalue weighted by Gasteiger charge is -2.36. The van der Waals surface area contributed by atoms with E-state index in [2.05, 4.69) is 4.90 Å². The van der Waals surface area contributed by atoms with Crippen molar-refractivity contribution in [2.24, 2.45) is 0 Å². The van der Waals surface area contributed by atoms with Gasteiger partial charge in [0.2, 0.25) is 0 Å². The molecule has 2 aromatic heterocycles. The second kappa shape index (κ2) is 10.3. The number of morpholine rings is 1. The van der Waals surface area contributed by atoms with Gasteiger partial charge in [0, 0.05) is 39.0 Å². The molecule has 0 N–H and O–H groups in total. The number of pyridine rings is 1. The first kappa shape index (κ1) is 23.9. The van der Waals surface area contributed by atoms with Crippen LogP contribution in [0.25, 0.3) is 11.7 Å². The van der Waals surface area contributed by atoms with Crippen LogP contribution in [0, 0.1) is 0 Å². The van der Waals surface area contributed by atoms with Gasteiger partial charge in [0.25, 0.3) is 11.5 Å². The molecule has 0 bridgehead atoms. The number of nitrogens with zero attached hydrogens (tertiary/aromatic N) is 4. The average molecular weight is 489 g/mol. The lowest BCUT2D eigenvalue weighted by Crippen LogP contribution is -2.46. The molecule has 0 unspecified atom stereocenters. The van der Waals surface area contributed by atoms with Crippen LogP contribution >= 0.6 is 24.0 Å². The van der Waals surface area contributed by atoms with Crippen molar-refractivity contribution in [3.8, 4) is 0 Å². The first-order valence-corrected chi connectivity index (χ1v) is 12.4. The van der Waals surface area contributed by atoms with Crippen molar-refractivity contribution in [3.63, 3.8) is 0 Å². The molecule has 2 aliphatic heterocycles. The molecule has 2 atom stereocenters. The predicted molar refractivity (Wildman–Crippen MR) is 135 cm³/mol. The Hall–Kier alpha value is -2.27. The minimum absolute atomic E-state index is 0.00109. The van der Waals surface area contributed by atoms with E-state index in [0.29, 0.717) is 65.5 Å². The van der Waals surface area contributed by atoms with E-state index in [-0.39, 0.29) is 23.7 Å². The number of fused-ring (bicyclic) bond motifs is 1. The van der Waals surface area contributed by atoms with E-state index in [0.717, 1.165) is 0 Å². The number of hydrogen-bond donors (Lipinski definition) is 0. The Balaban J connectivity index is 1.73. The average Bonchev–Trinajstić information content (AvgIpc) is 3.05. The number of rotatable bonds is 7. The standard InChI is InChI=1S/C23H28N4O4S2/c1-4-30-11-7-10-27-22(29)18(33-23(27)32)12-17-20(25-13-15(2)31-16(3)14-25)24-19-8-5-6-9-26(19)21(17)28/h5-6,8-9,12,15-16H,4,7,10-11,13-14H2,1-3H3/b18-12-/t15-,16-/m1/s1. The smallest absolute Gasteiger partial charge is 0.267 e. The van der Waals surface area contributed by atoms with Gasteiger partial charge in [-0.2, -0.15) is 0 Å². The number of amides is 1. The van der Waals surface area contributed by atoms with Crippen molar-refractivity contribution >= 4 is 51.7 Å². The fourth-order valence-corrected chi connectivity index (χ4v) is 5.39. The van der Waals surface area contributed by atoms with Gasteiger partial charge in [0.15, 0.2) is 0 Å². The summed E-state index contributed by atoms with van der Waals surface area (Å²) in [4.78, 5) is 35.5. The third kappa shape index (κ3) is 5.13. The maximum Gasteiger partial charge on any atom is 0.267 e. The Morgan fingerprint density at radius 1 is 1.27 bits per heavy atom. The molecular weight excluding hydrogens is 460 g/mol. The summed E-state index contributed by atoms with van der Waals surface area (Å²) in [6.45, 7) is 8.86. The lowest BCUT2D eigenvalue weighted by atomic mass is 10.2. The van der Waals surface area contributed by atoms with E-state index < -0.39 is 0 Å². The molecule has 176 valence electrons. The van der Waals surface area contributed by atoms with E-state index in [4.69, 9.17) is 26.7 Å². The Bertz CT molecular complexity index is 1140. The van der Waals surface area contributed by atoms with Gasteiger partial charge in [-0.25, -0.2) is 4.98 Å². The molecule has 4 rings (SSSR count). The van der Waals surface area contributed by atoms with E-state index in [1.807, 2.05) is 26.8 Å². The molecular formula is C23H28N4O4S2. The summed E-state index contributed by atoms with van der Waals surface area (Å²) in [7, 11) is 0. The SMILES string of the molecule is CCOCCCN1C(=O)/C(=C/c2c(N3C[C@@H](C)O[C@H](C)C3)nc3ccccn3c2=O)SC1=S. The third-order valence-corrected chi connectivity index (χ3v) is 6.87. The molecule has 2 fully saturated rings. The van der Waals surface area contributed by atoms with Gasteiger partial charge in [-0.1, -0.05) is 30.0 Å². The minimum atomic E-state index is -0.219. The molecule has 0 saturated carbocycles. The van der Waals surface area contributed by atoms with Gasteiger partial charge in [-0.3, -0.25) is 18.9 Å². The number of carbonyl (C=O) groups excluding carboxylic acids is 1. The molecule has 0 aliphatic carbocycles. The van der Waals surface area contributed by atoms with Gasteiger partial charge in [-0.15, -0.1) is 0 Å². The highest BCUT2D eigenvalue weighted by atomic mass is 32.2. The molecule has 2 aliphatic rings. The van der Waals surface area contributed by atoms with Gasteiger partial charge < -0.3 is 14.4 Å². The van der Waals surface area contributed by atoms with Crippen molar-refractivity contribution in [1.82, 2.24) is 14.3 Å². The normalized spacial score (nSPS) is 22.7. The Morgan fingerprint density at radius 3 is 2.76 bits per heavy atom. The summed E-state index contributed by atoms with van der Waals surface area (Å²) < 4.78 is 13.2. The van der Waals surface area contributed by atoms with E-state index in [1.165, 1.54) is 16.2 Å². The number of thiocarbonyl (C=S) groups is 1. The van der Waals surface area contributed by atoms with E-state index >= 15 is 0 Å². The van der Waals surface area contributed by atoms with Crippen LogP contribution in [0.4, 0.5) is 5.82 Å². The number of aromatic nitrogens is 2. The van der Waals surface area contributed by atoms with Crippen molar-refractivity contribution in [1.29, 1.82) is 0 Å². The highest BCUT2D eigenvalue weighted by Crippen LogP contribution is 2.34. The number of thioether (sulfide) groups is 1. The summed E-state index contributed by atoms with van der Waals surface area (Å²) in [5.74, 6) is 0.378. The number of hydrogen-bond acceptors (Lipinski definition) is 8. The fraction of sp³-hybridized carbons (Fsp3) is 0.478. The minimum Gasteiger partial charge on any atom is -0.382 e. The Kier molecular flexibility index (Phi) is 7.48. The molecule has 8 nitrogen and oxygen atoms in total. The lowest BCUT2D eigenvalue weighted by molar-refractivity contribution is -0.122. The first-order chi connectivity index (χ1) is 15.9. The molecule has 2 saturated heterocycles. The summed E-state index contributed by atoms with van der Waals surface area (Å²) in [5, 5.41) is 0. The van der Waals surface area contributed by atoms with Crippen molar-refractivity contribution in [3.05, 3.63) is 45.2 Å². The summed E-state index contributed by atoms with van der Waals surface area (Å²) in [6.07, 6.45) is 4.04. The quantitative estimate of drug-likeness (QED) is 0.335. The maximum atomic E-state index is 13.5. The Morgan fingerprint density at radius 2 is 2.03 bits per heavy atom. The molecule has 10 heteroatoms. The number of ether oxygens (including phenoxy) is 2. The summed E-state index contributed by atoms with van der Waals surface area (Å²) >= 11 is 6.67. The van der Waals surface area contributed by atoms with Crippen LogP contribution in [0.2, 0.25) is 0 Å². The Labute approximate surface area is 202 Å². The molecule has 0 radical (unpaired) electrons. The maximum absolute atomic E-state index is 13.5. The van der Waals surface area contributed by atoms with Crippen molar-refractivity contribution < 1.29 is 14.3 Å². The zero-order valence-electron chi connectivity index (χ0n) is 19.0. The number of carbonyl (C=O) groups is 1. The predicted octanol–water partition coefficient (Wildman–Crippen LogP) is 2.94. The van der Waals surface area contributed by atoms with Crippen molar-refractivity contribution in [2.45, 2.75) is 39.4 Å². The molecule has 4 heterocycles. The second-order valence-electron chi connectivity index (χ2n) is 8.13. The van der Waals surface area contributed by atoms with Crippen LogP contribution in [0.5, 0.6) is 0 Å². The molecule has 2 aromatic rings. The monoisotopic (exact) mass is 488 g/mol. The fourth-order valence-electron chi connectivity index (χ4n) is 4.10. The molecule has 0 aromatic carbocycles. The highest BCUT2D eigenvalue weighted by molar-refractivity contribution is 8.26. The summed E-state index contributed by atoms with van der Waals surface area (Å²) in [6, 6.07) is 5.44. The highest BCUT2D eigenvalue weighted by Gasteiger charge is 2.33. The van der Waals surface area contributed by atoms with Crippen LogP contribution in [0.1, 0.15) is 32.8 Å². The zero-order chi connectivity index (χ0) is 23.5. The van der Waals surface area contributed by atoms with Crippen molar-refractivity contribution in [2.75, 3.05) is 37.7 Å². The van der Waals surface area contributed by atoms with Crippen LogP contribution in [-0.2, 0) is 14.3 Å². The summed E-state index contributed by atoms with van der Waals surface area (Å²) in [5.41, 5.74) is 0.726. The second-order valence-corrected chi connectivity index (χ2v) is 9.80. The molecule has 0 spiro atoms. The largest absolute Gasteiger partial charge is 0.382 e. The van der Waals surface area contributed by atoms with Gasteiger partial charge in [0.05, 0.1) is 22.7 Å². The number of anilines is 1. The van der Waals surface area contributed by atoms with E-state index in [9.17, 15) is 9.59 Å². The van der Waals surface area contributed by atoms with Gasteiger partial charge >= 0.3 is 0 Å². The van der Waals surface area contributed by atoms with Crippen LogP contribution in [0.3, 0.4) is 0 Å². The third-order valence-electron chi connectivity index (χ3n) is 5.49. The van der Waals surface area contributed by atoms with Crippen LogP contribution in [0.15, 0.2) is 34.1 Å². The zero-order valence-corrected chi connectivity index (χ0v) is 20.7. The van der Waals surface area contributed by atoms with Crippen LogP contribution in [-0.4, -0.2) is 69.6 Å². The van der Waals surface area contributed by atoms with E-state index in [1.54, 1.807) is 29.3 Å². The van der Waals surface area contributed by atoms with Gasteiger partial charge in [0.1, 0.15) is 15.8 Å². The van der Waals surface area contributed by atoms with Gasteiger partial charge in [-0.05, 0) is 45.4 Å².